The molecule has 2 nitrogen and oxygen atoms in total. The maximum absolute atomic E-state index is 11.3. The molecule has 1 aliphatic heterocycles. The molecular weight excluding hydrogens is 210 g/mol. The fourth-order valence-electron chi connectivity index (χ4n) is 3.56. The molecule has 1 heterocycles. The van der Waals surface area contributed by atoms with Gasteiger partial charge >= 0.3 is 0 Å². The van der Waals surface area contributed by atoms with Crippen molar-refractivity contribution in [2.75, 3.05) is 19.6 Å². The lowest BCUT2D eigenvalue weighted by Gasteiger charge is -2.41. The second kappa shape index (κ2) is 6.53. The molecular formula is C15H27NO. The van der Waals surface area contributed by atoms with Crippen molar-refractivity contribution in [3.63, 3.8) is 0 Å². The lowest BCUT2D eigenvalue weighted by molar-refractivity contribution is -0.118. The van der Waals surface area contributed by atoms with Crippen LogP contribution in [0.2, 0.25) is 0 Å². The molecule has 98 valence electrons. The van der Waals surface area contributed by atoms with Crippen LogP contribution in [0.5, 0.6) is 0 Å². The van der Waals surface area contributed by atoms with Gasteiger partial charge in [-0.1, -0.05) is 26.2 Å². The second-order valence-electron chi connectivity index (χ2n) is 5.89. The maximum atomic E-state index is 11.3. The number of fused-ring (bicyclic) bond motifs is 1. The number of hydrogen-bond acceptors (Lipinski definition) is 2. The van der Waals surface area contributed by atoms with E-state index in [1.807, 2.05) is 6.92 Å². The summed E-state index contributed by atoms with van der Waals surface area (Å²) < 4.78 is 0. The Labute approximate surface area is 106 Å². The largest absolute Gasteiger partial charge is 0.303 e. The SMILES string of the molecule is CCC(=O)CCCN1CCC2CCCCC2C1. The molecule has 2 fully saturated rings. The molecule has 0 spiro atoms. The number of piperidine rings is 1. The predicted molar refractivity (Wildman–Crippen MR) is 71.0 cm³/mol. The van der Waals surface area contributed by atoms with Crippen LogP contribution in [0.15, 0.2) is 0 Å². The molecule has 0 aromatic carbocycles. The van der Waals surface area contributed by atoms with E-state index in [1.165, 1.54) is 45.2 Å². The van der Waals surface area contributed by atoms with Gasteiger partial charge in [-0.2, -0.15) is 0 Å². The van der Waals surface area contributed by atoms with E-state index in [1.54, 1.807) is 0 Å². The van der Waals surface area contributed by atoms with E-state index < -0.39 is 0 Å². The van der Waals surface area contributed by atoms with E-state index in [0.29, 0.717) is 12.2 Å². The molecule has 0 radical (unpaired) electrons. The summed E-state index contributed by atoms with van der Waals surface area (Å²) in [5, 5.41) is 0. The van der Waals surface area contributed by atoms with Crippen molar-refractivity contribution >= 4 is 5.78 Å². The number of Topliss-reactive ketones (excluding diaryl/α,β-unsaturated/α-hetero) is 1. The summed E-state index contributed by atoms with van der Waals surface area (Å²) in [5.41, 5.74) is 0. The molecule has 1 saturated carbocycles. The Balaban J connectivity index is 1.67. The van der Waals surface area contributed by atoms with Crippen molar-refractivity contribution < 1.29 is 4.79 Å². The smallest absolute Gasteiger partial charge is 0.132 e. The van der Waals surface area contributed by atoms with Gasteiger partial charge in [-0.3, -0.25) is 4.79 Å². The van der Waals surface area contributed by atoms with Gasteiger partial charge in [0.15, 0.2) is 0 Å². The lowest BCUT2D eigenvalue weighted by atomic mass is 9.75. The quantitative estimate of drug-likeness (QED) is 0.731. The predicted octanol–water partition coefficient (Wildman–Crippen LogP) is 3.26. The topological polar surface area (TPSA) is 20.3 Å². The Kier molecular flexibility index (Phi) is 5.02. The number of carbonyl (C=O) groups excluding carboxylic acids is 1. The number of rotatable bonds is 5. The summed E-state index contributed by atoms with van der Waals surface area (Å²) >= 11 is 0. The highest BCUT2D eigenvalue weighted by molar-refractivity contribution is 5.77. The third-order valence-electron chi connectivity index (χ3n) is 4.70. The van der Waals surface area contributed by atoms with E-state index in [0.717, 1.165) is 31.2 Å². The average molecular weight is 237 g/mol. The average Bonchev–Trinajstić information content (AvgIpc) is 2.38. The number of ketones is 1. The van der Waals surface area contributed by atoms with Crippen LogP contribution in [0, 0.1) is 11.8 Å². The summed E-state index contributed by atoms with van der Waals surface area (Å²) in [4.78, 5) is 13.9. The molecule has 2 atom stereocenters. The highest BCUT2D eigenvalue weighted by Crippen LogP contribution is 2.35. The minimum Gasteiger partial charge on any atom is -0.303 e. The van der Waals surface area contributed by atoms with Gasteiger partial charge in [0.2, 0.25) is 0 Å². The Morgan fingerprint density at radius 2 is 1.94 bits per heavy atom. The van der Waals surface area contributed by atoms with E-state index in [4.69, 9.17) is 0 Å². The third-order valence-corrected chi connectivity index (χ3v) is 4.70. The molecule has 0 aromatic rings. The Hall–Kier alpha value is -0.370. The second-order valence-corrected chi connectivity index (χ2v) is 5.89. The number of hydrogen-bond donors (Lipinski definition) is 0. The first-order valence-corrected chi connectivity index (χ1v) is 7.53. The van der Waals surface area contributed by atoms with Crippen LogP contribution in [-0.4, -0.2) is 30.3 Å². The number of nitrogens with zero attached hydrogens (tertiary/aromatic N) is 1. The van der Waals surface area contributed by atoms with Crippen molar-refractivity contribution in [3.8, 4) is 0 Å². The summed E-state index contributed by atoms with van der Waals surface area (Å²) in [6.45, 7) is 5.71. The summed E-state index contributed by atoms with van der Waals surface area (Å²) in [5.74, 6) is 2.43. The Morgan fingerprint density at radius 3 is 2.71 bits per heavy atom. The van der Waals surface area contributed by atoms with E-state index in [2.05, 4.69) is 4.90 Å². The third kappa shape index (κ3) is 3.80. The van der Waals surface area contributed by atoms with Gasteiger partial charge in [0.05, 0.1) is 0 Å². The first-order chi connectivity index (χ1) is 8.29. The fourth-order valence-corrected chi connectivity index (χ4v) is 3.56. The van der Waals surface area contributed by atoms with Crippen LogP contribution in [0.1, 0.15) is 58.3 Å². The van der Waals surface area contributed by atoms with Crippen molar-refractivity contribution in [1.82, 2.24) is 4.90 Å². The van der Waals surface area contributed by atoms with Gasteiger partial charge in [0.25, 0.3) is 0 Å². The van der Waals surface area contributed by atoms with Crippen LogP contribution in [0.25, 0.3) is 0 Å². The van der Waals surface area contributed by atoms with Gasteiger partial charge in [-0.25, -0.2) is 0 Å². The van der Waals surface area contributed by atoms with Crippen molar-refractivity contribution in [2.24, 2.45) is 11.8 Å². The molecule has 0 amide bonds. The van der Waals surface area contributed by atoms with Gasteiger partial charge in [0.1, 0.15) is 5.78 Å². The normalized spacial score (nSPS) is 29.9. The monoisotopic (exact) mass is 237 g/mol. The molecule has 17 heavy (non-hydrogen) atoms. The summed E-state index contributed by atoms with van der Waals surface area (Å²) in [6, 6.07) is 0. The summed E-state index contributed by atoms with van der Waals surface area (Å²) in [7, 11) is 0. The van der Waals surface area contributed by atoms with Crippen LogP contribution >= 0.6 is 0 Å². The molecule has 0 N–H and O–H groups in total. The highest BCUT2D eigenvalue weighted by Gasteiger charge is 2.30. The van der Waals surface area contributed by atoms with Crippen molar-refractivity contribution in [2.45, 2.75) is 58.3 Å². The molecule has 0 bridgehead atoms. The van der Waals surface area contributed by atoms with Gasteiger partial charge in [-0.15, -0.1) is 0 Å². The van der Waals surface area contributed by atoms with Crippen LogP contribution in [0.4, 0.5) is 0 Å². The summed E-state index contributed by atoms with van der Waals surface area (Å²) in [6.07, 6.45) is 9.83. The lowest BCUT2D eigenvalue weighted by Crippen LogP contribution is -2.42. The minimum atomic E-state index is 0.428. The van der Waals surface area contributed by atoms with Gasteiger partial charge in [0, 0.05) is 19.4 Å². The first kappa shape index (κ1) is 13.1. The van der Waals surface area contributed by atoms with Gasteiger partial charge in [-0.05, 0) is 44.2 Å². The van der Waals surface area contributed by atoms with E-state index in [-0.39, 0.29) is 0 Å². The number of carbonyl (C=O) groups is 1. The number of likely N-dealkylation sites (tertiary alicyclic amines) is 1. The molecule has 0 aromatic heterocycles. The Morgan fingerprint density at radius 1 is 1.18 bits per heavy atom. The molecule has 2 unspecified atom stereocenters. The van der Waals surface area contributed by atoms with E-state index in [9.17, 15) is 4.79 Å². The zero-order valence-corrected chi connectivity index (χ0v) is 11.3. The molecule has 2 heteroatoms. The van der Waals surface area contributed by atoms with Crippen molar-refractivity contribution in [3.05, 3.63) is 0 Å². The highest BCUT2D eigenvalue weighted by atomic mass is 16.1. The first-order valence-electron chi connectivity index (χ1n) is 7.53. The molecule has 1 aliphatic carbocycles. The fraction of sp³-hybridized carbons (Fsp3) is 0.933. The minimum absolute atomic E-state index is 0.428. The molecule has 2 aliphatic rings. The van der Waals surface area contributed by atoms with Crippen LogP contribution in [-0.2, 0) is 4.79 Å². The molecule has 1 saturated heterocycles. The molecule has 2 rings (SSSR count). The van der Waals surface area contributed by atoms with Gasteiger partial charge < -0.3 is 4.90 Å². The zero-order valence-electron chi connectivity index (χ0n) is 11.3. The standard InChI is InChI=1S/C15H27NO/c1-2-15(17)8-5-10-16-11-9-13-6-3-4-7-14(13)12-16/h13-14H,2-12H2,1H3. The van der Waals surface area contributed by atoms with E-state index >= 15 is 0 Å². The Bertz CT molecular complexity index is 251. The maximum Gasteiger partial charge on any atom is 0.132 e. The zero-order chi connectivity index (χ0) is 12.1. The van der Waals surface area contributed by atoms with Crippen molar-refractivity contribution in [1.29, 1.82) is 0 Å². The van der Waals surface area contributed by atoms with Crippen LogP contribution in [0.3, 0.4) is 0 Å². The van der Waals surface area contributed by atoms with Crippen LogP contribution < -0.4 is 0 Å².